The topological polar surface area (TPSA) is 95.1 Å². The van der Waals surface area contributed by atoms with Crippen LogP contribution < -0.4 is 10.6 Å². The molecule has 5 atom stereocenters. The van der Waals surface area contributed by atoms with Crippen molar-refractivity contribution in [1.29, 1.82) is 0 Å². The standard InChI is InChI=1S/C30H42N2O6/c1-27(2,3)35-26(34)32-19-21-9-7-8-20(12-21)18-31-25(33)28-15-22-13-23(16-28)30(24(14-22)17-28)36-29(37-38-30)10-5-4-6-11-29/h7-9,12,22-24H,4-6,10-11,13-19H2,1-3H3,(H,31,33)(H,32,34)/t22?,23-,24+,28?,30?. The average molecular weight is 527 g/mol. The number of carbonyl (C=O) groups excluding carboxylic acids is 2. The lowest BCUT2D eigenvalue weighted by Gasteiger charge is -2.61. The summed E-state index contributed by atoms with van der Waals surface area (Å²) in [7, 11) is 0. The fourth-order valence-corrected chi connectivity index (χ4v) is 7.96. The van der Waals surface area contributed by atoms with Crippen LogP contribution in [0.3, 0.4) is 0 Å². The van der Waals surface area contributed by atoms with Gasteiger partial charge in [0.15, 0.2) is 0 Å². The molecule has 0 radical (unpaired) electrons. The predicted molar refractivity (Wildman–Crippen MR) is 139 cm³/mol. The van der Waals surface area contributed by atoms with Crippen molar-refractivity contribution in [3.63, 3.8) is 0 Å². The predicted octanol–water partition coefficient (Wildman–Crippen LogP) is 5.49. The van der Waals surface area contributed by atoms with Gasteiger partial charge in [0.1, 0.15) is 5.60 Å². The SMILES string of the molecule is CC(C)(C)OC(=O)NCc1cccc(CNC(=O)C23CC4C[C@H](C2)C2(OOC5(CCCCC5)O2)[C@@H](C4)C3)c1. The van der Waals surface area contributed by atoms with Gasteiger partial charge in [-0.1, -0.05) is 30.7 Å². The Kier molecular flexibility index (Phi) is 6.51. The second kappa shape index (κ2) is 9.49. The zero-order valence-electron chi connectivity index (χ0n) is 23.0. The molecule has 38 heavy (non-hydrogen) atoms. The van der Waals surface area contributed by atoms with E-state index in [1.54, 1.807) is 0 Å². The van der Waals surface area contributed by atoms with Crippen LogP contribution in [0.5, 0.6) is 0 Å². The van der Waals surface area contributed by atoms with E-state index in [-0.39, 0.29) is 23.2 Å². The monoisotopic (exact) mass is 526 g/mol. The molecule has 3 unspecified atom stereocenters. The number of ether oxygens (including phenoxy) is 2. The van der Waals surface area contributed by atoms with Gasteiger partial charge in [0, 0.05) is 37.8 Å². The Labute approximate surface area is 225 Å². The fraction of sp³-hybridized carbons (Fsp3) is 0.733. The third-order valence-electron chi connectivity index (χ3n) is 9.37. The molecular formula is C30H42N2O6. The van der Waals surface area contributed by atoms with Crippen molar-refractivity contribution < 1.29 is 28.8 Å². The van der Waals surface area contributed by atoms with Crippen molar-refractivity contribution >= 4 is 12.0 Å². The third-order valence-corrected chi connectivity index (χ3v) is 9.37. The zero-order valence-corrected chi connectivity index (χ0v) is 23.0. The van der Waals surface area contributed by atoms with Gasteiger partial charge in [0.25, 0.3) is 0 Å². The van der Waals surface area contributed by atoms with Crippen molar-refractivity contribution in [3.8, 4) is 0 Å². The van der Waals surface area contributed by atoms with E-state index in [4.69, 9.17) is 19.2 Å². The van der Waals surface area contributed by atoms with E-state index >= 15 is 0 Å². The average Bonchev–Trinajstić information content (AvgIpc) is 3.23. The molecule has 1 heterocycles. The van der Waals surface area contributed by atoms with E-state index in [1.807, 2.05) is 45.0 Å². The summed E-state index contributed by atoms with van der Waals surface area (Å²) >= 11 is 0. The molecule has 5 saturated carbocycles. The summed E-state index contributed by atoms with van der Waals surface area (Å²) in [6.07, 6.45) is 9.46. The van der Waals surface area contributed by atoms with Crippen molar-refractivity contribution in [3.05, 3.63) is 35.4 Å². The summed E-state index contributed by atoms with van der Waals surface area (Å²) in [6.45, 7) is 6.36. The fourth-order valence-electron chi connectivity index (χ4n) is 7.96. The normalized spacial score (nSPS) is 35.0. The van der Waals surface area contributed by atoms with Gasteiger partial charge in [-0.05, 0) is 82.8 Å². The second-order valence-electron chi connectivity index (χ2n) is 13.4. The summed E-state index contributed by atoms with van der Waals surface area (Å²) in [5.74, 6) is -0.164. The van der Waals surface area contributed by atoms with Crippen molar-refractivity contribution in [1.82, 2.24) is 10.6 Å². The van der Waals surface area contributed by atoms with Gasteiger partial charge in [0.05, 0.1) is 5.41 Å². The van der Waals surface area contributed by atoms with E-state index < -0.39 is 23.3 Å². The highest BCUT2D eigenvalue weighted by Crippen LogP contribution is 2.67. The number of amides is 2. The smallest absolute Gasteiger partial charge is 0.407 e. The van der Waals surface area contributed by atoms with Gasteiger partial charge in [-0.25, -0.2) is 4.79 Å². The minimum absolute atomic E-state index is 0.148. The summed E-state index contributed by atoms with van der Waals surface area (Å²) in [5, 5.41) is 6.05. The number of alkyl carbamates (subject to hydrolysis) is 1. The lowest BCUT2D eigenvalue weighted by Crippen LogP contribution is -2.65. The molecule has 1 aliphatic heterocycles. The molecule has 2 N–H and O–H groups in total. The van der Waals surface area contributed by atoms with E-state index in [2.05, 4.69) is 10.6 Å². The van der Waals surface area contributed by atoms with Gasteiger partial charge >= 0.3 is 6.09 Å². The number of hydrogen-bond acceptors (Lipinski definition) is 6. The molecule has 0 aromatic heterocycles. The van der Waals surface area contributed by atoms with Crippen LogP contribution in [0.4, 0.5) is 4.79 Å². The Hall–Kier alpha value is -2.16. The largest absolute Gasteiger partial charge is 0.444 e. The molecule has 2 amide bonds. The van der Waals surface area contributed by atoms with E-state index in [1.165, 1.54) is 6.42 Å². The maximum Gasteiger partial charge on any atom is 0.407 e. The van der Waals surface area contributed by atoms with Crippen LogP contribution in [0.15, 0.2) is 24.3 Å². The lowest BCUT2D eigenvalue weighted by atomic mass is 9.47. The van der Waals surface area contributed by atoms with Gasteiger partial charge in [0.2, 0.25) is 17.5 Å². The molecule has 5 aliphatic carbocycles. The van der Waals surface area contributed by atoms with Crippen molar-refractivity contribution in [2.24, 2.45) is 23.2 Å². The number of hydrogen-bond donors (Lipinski definition) is 2. The first-order valence-electron chi connectivity index (χ1n) is 14.5. The first kappa shape index (κ1) is 26.1. The van der Waals surface area contributed by atoms with Crippen LogP contribution in [0.2, 0.25) is 0 Å². The molecule has 1 aromatic carbocycles. The Morgan fingerprint density at radius 1 is 0.947 bits per heavy atom. The van der Waals surface area contributed by atoms with Crippen LogP contribution in [0.25, 0.3) is 0 Å². The highest BCUT2D eigenvalue weighted by molar-refractivity contribution is 5.83. The number of rotatable bonds is 5. The molecule has 6 aliphatic rings. The van der Waals surface area contributed by atoms with E-state index in [9.17, 15) is 9.59 Å². The highest BCUT2D eigenvalue weighted by Gasteiger charge is 2.70. The Bertz CT molecular complexity index is 1060. The van der Waals surface area contributed by atoms with E-state index in [0.717, 1.165) is 68.9 Å². The van der Waals surface area contributed by atoms with Gasteiger partial charge in [-0.15, -0.1) is 0 Å². The van der Waals surface area contributed by atoms with Crippen molar-refractivity contribution in [2.75, 3.05) is 0 Å². The zero-order chi connectivity index (χ0) is 26.6. The summed E-state index contributed by atoms with van der Waals surface area (Å²) in [4.78, 5) is 37.8. The number of benzene rings is 1. The van der Waals surface area contributed by atoms with Crippen LogP contribution in [-0.4, -0.2) is 29.2 Å². The maximum atomic E-state index is 13.7. The molecule has 7 rings (SSSR count). The summed E-state index contributed by atoms with van der Waals surface area (Å²) < 4.78 is 12.1. The second-order valence-corrected chi connectivity index (χ2v) is 13.4. The molecule has 8 heteroatoms. The summed E-state index contributed by atoms with van der Waals surface area (Å²) in [6, 6.07) is 7.95. The van der Waals surface area contributed by atoms with Crippen LogP contribution in [0.1, 0.15) is 96.1 Å². The first-order chi connectivity index (χ1) is 18.1. The molecule has 1 saturated heterocycles. The molecule has 8 nitrogen and oxygen atoms in total. The maximum absolute atomic E-state index is 13.7. The van der Waals surface area contributed by atoms with Gasteiger partial charge in [-0.2, -0.15) is 9.78 Å². The third kappa shape index (κ3) is 4.84. The minimum Gasteiger partial charge on any atom is -0.444 e. The minimum atomic E-state index is -0.673. The summed E-state index contributed by atoms with van der Waals surface area (Å²) in [5.41, 5.74) is 1.09. The number of carbonyl (C=O) groups is 2. The molecule has 4 bridgehead atoms. The Morgan fingerprint density at radius 3 is 2.26 bits per heavy atom. The highest BCUT2D eigenvalue weighted by atomic mass is 17.3. The lowest BCUT2D eigenvalue weighted by molar-refractivity contribution is -0.393. The quantitative estimate of drug-likeness (QED) is 0.493. The van der Waals surface area contributed by atoms with Crippen LogP contribution in [0, 0.1) is 23.2 Å². The van der Waals surface area contributed by atoms with Gasteiger partial charge < -0.3 is 20.1 Å². The number of nitrogens with one attached hydrogen (secondary N) is 2. The van der Waals surface area contributed by atoms with Crippen LogP contribution in [-0.2, 0) is 37.1 Å². The molecule has 6 fully saturated rings. The Morgan fingerprint density at radius 2 is 1.61 bits per heavy atom. The molecule has 2 spiro atoms. The van der Waals surface area contributed by atoms with Gasteiger partial charge in [-0.3, -0.25) is 4.79 Å². The first-order valence-corrected chi connectivity index (χ1v) is 14.5. The molecule has 1 aromatic rings. The molecule has 208 valence electrons. The molecular weight excluding hydrogens is 484 g/mol. The van der Waals surface area contributed by atoms with Crippen LogP contribution >= 0.6 is 0 Å². The van der Waals surface area contributed by atoms with E-state index in [0.29, 0.717) is 19.0 Å². The Balaban J connectivity index is 1.07. The van der Waals surface area contributed by atoms with Crippen molar-refractivity contribution in [2.45, 2.75) is 115 Å².